The molecule has 0 saturated carbocycles. The van der Waals surface area contributed by atoms with Crippen LogP contribution >= 0.6 is 0 Å². The topological polar surface area (TPSA) is 84.5 Å². The first kappa shape index (κ1) is 15.7. The summed E-state index contributed by atoms with van der Waals surface area (Å²) in [5.74, 6) is 1.32. The van der Waals surface area contributed by atoms with Gasteiger partial charge in [0.05, 0.1) is 26.0 Å². The summed E-state index contributed by atoms with van der Waals surface area (Å²) in [5.41, 5.74) is 0.627. The van der Waals surface area contributed by atoms with E-state index in [4.69, 9.17) is 13.9 Å². The second-order valence-corrected chi connectivity index (χ2v) is 5.16. The van der Waals surface area contributed by atoms with E-state index in [2.05, 4.69) is 5.32 Å². The fourth-order valence-corrected chi connectivity index (χ4v) is 2.31. The SMILES string of the molecule is N#C/C(=C/c1cccc2c1OCCCO2)C(=O)NCc1ccco1. The van der Waals surface area contributed by atoms with Crippen LogP contribution in [-0.4, -0.2) is 19.1 Å². The molecule has 0 spiro atoms. The maximum atomic E-state index is 12.2. The number of para-hydroxylation sites is 1. The van der Waals surface area contributed by atoms with Gasteiger partial charge in [0, 0.05) is 12.0 Å². The van der Waals surface area contributed by atoms with Gasteiger partial charge < -0.3 is 19.2 Å². The largest absolute Gasteiger partial charge is 0.490 e. The number of carbonyl (C=O) groups is 1. The molecule has 2 heterocycles. The molecule has 6 nitrogen and oxygen atoms in total. The van der Waals surface area contributed by atoms with Gasteiger partial charge in [-0.25, -0.2) is 0 Å². The second kappa shape index (κ2) is 7.38. The van der Waals surface area contributed by atoms with Gasteiger partial charge in [0.2, 0.25) is 0 Å². The van der Waals surface area contributed by atoms with E-state index in [1.165, 1.54) is 12.3 Å². The molecule has 122 valence electrons. The van der Waals surface area contributed by atoms with Gasteiger partial charge in [-0.1, -0.05) is 12.1 Å². The van der Waals surface area contributed by atoms with Gasteiger partial charge in [0.25, 0.3) is 5.91 Å². The van der Waals surface area contributed by atoms with Crippen molar-refractivity contribution in [1.82, 2.24) is 5.32 Å². The number of benzene rings is 1. The molecule has 0 radical (unpaired) electrons. The van der Waals surface area contributed by atoms with Crippen LogP contribution in [0.3, 0.4) is 0 Å². The molecule has 0 fully saturated rings. The minimum Gasteiger partial charge on any atom is -0.490 e. The predicted octanol–water partition coefficient (Wildman–Crippen LogP) is 2.66. The van der Waals surface area contributed by atoms with Crippen LogP contribution in [0.4, 0.5) is 0 Å². The lowest BCUT2D eigenvalue weighted by atomic mass is 10.1. The van der Waals surface area contributed by atoms with Crippen LogP contribution in [0.15, 0.2) is 46.6 Å². The molecular formula is C18H16N2O4. The molecule has 1 aliphatic rings. The number of nitrogens with one attached hydrogen (secondary N) is 1. The highest BCUT2D eigenvalue weighted by Crippen LogP contribution is 2.34. The highest BCUT2D eigenvalue weighted by atomic mass is 16.5. The minimum absolute atomic E-state index is 0.0113. The highest BCUT2D eigenvalue weighted by molar-refractivity contribution is 6.02. The number of hydrogen-bond donors (Lipinski definition) is 1. The Morgan fingerprint density at radius 1 is 1.25 bits per heavy atom. The van der Waals surface area contributed by atoms with E-state index < -0.39 is 5.91 Å². The number of amides is 1. The van der Waals surface area contributed by atoms with E-state index >= 15 is 0 Å². The lowest BCUT2D eigenvalue weighted by Crippen LogP contribution is -2.23. The second-order valence-electron chi connectivity index (χ2n) is 5.16. The first-order valence-corrected chi connectivity index (χ1v) is 7.59. The van der Waals surface area contributed by atoms with Crippen LogP contribution < -0.4 is 14.8 Å². The Bertz CT molecular complexity index is 788. The summed E-state index contributed by atoms with van der Waals surface area (Å²) in [5, 5.41) is 12.0. The van der Waals surface area contributed by atoms with Gasteiger partial charge >= 0.3 is 0 Å². The molecule has 1 aromatic heterocycles. The maximum absolute atomic E-state index is 12.2. The molecule has 0 saturated heterocycles. The Morgan fingerprint density at radius 3 is 2.92 bits per heavy atom. The van der Waals surface area contributed by atoms with Gasteiger partial charge in [-0.2, -0.15) is 5.26 Å². The number of ether oxygens (including phenoxy) is 2. The van der Waals surface area contributed by atoms with Gasteiger partial charge in [-0.15, -0.1) is 0 Å². The van der Waals surface area contributed by atoms with Crippen LogP contribution in [0, 0.1) is 11.3 Å². The molecule has 1 amide bonds. The minimum atomic E-state index is -0.471. The third-order valence-electron chi connectivity index (χ3n) is 3.47. The molecule has 0 atom stereocenters. The first-order valence-electron chi connectivity index (χ1n) is 7.59. The van der Waals surface area contributed by atoms with Crippen molar-refractivity contribution in [2.75, 3.05) is 13.2 Å². The Hall–Kier alpha value is -3.20. The molecule has 0 aliphatic carbocycles. The standard InChI is InChI=1S/C18H16N2O4/c19-11-14(18(21)20-12-15-5-2-7-22-15)10-13-4-1-6-16-17(13)24-9-3-8-23-16/h1-2,4-7,10H,3,8-9,12H2,(H,20,21)/b14-10-. The molecule has 6 heteroatoms. The molecule has 1 aromatic carbocycles. The molecular weight excluding hydrogens is 308 g/mol. The summed E-state index contributed by atoms with van der Waals surface area (Å²) in [6.45, 7) is 1.33. The van der Waals surface area contributed by atoms with Crippen molar-refractivity contribution in [2.45, 2.75) is 13.0 Å². The summed E-state index contributed by atoms with van der Waals surface area (Å²) < 4.78 is 16.5. The van der Waals surface area contributed by atoms with Gasteiger partial charge in [0.1, 0.15) is 17.4 Å². The lowest BCUT2D eigenvalue weighted by Gasteiger charge is -2.10. The Labute approximate surface area is 139 Å². The zero-order valence-electron chi connectivity index (χ0n) is 13.0. The van der Waals surface area contributed by atoms with Crippen LogP contribution in [-0.2, 0) is 11.3 Å². The van der Waals surface area contributed by atoms with E-state index in [-0.39, 0.29) is 12.1 Å². The van der Waals surface area contributed by atoms with E-state index in [9.17, 15) is 10.1 Å². The summed E-state index contributed by atoms with van der Waals surface area (Å²) in [7, 11) is 0. The molecule has 0 unspecified atom stereocenters. The average molecular weight is 324 g/mol. The van der Waals surface area contributed by atoms with Gasteiger partial charge in [0.15, 0.2) is 11.5 Å². The van der Waals surface area contributed by atoms with Crippen molar-refractivity contribution in [3.63, 3.8) is 0 Å². The first-order chi connectivity index (χ1) is 11.8. The summed E-state index contributed by atoms with van der Waals surface area (Å²) in [6.07, 6.45) is 3.82. The average Bonchev–Trinajstić information content (AvgIpc) is 3.00. The zero-order valence-corrected chi connectivity index (χ0v) is 13.0. The summed E-state index contributed by atoms with van der Waals surface area (Å²) >= 11 is 0. The van der Waals surface area contributed by atoms with Crippen molar-refractivity contribution in [3.8, 4) is 17.6 Å². The summed E-state index contributed by atoms with van der Waals surface area (Å²) in [6, 6.07) is 10.8. The van der Waals surface area contributed by atoms with E-state index in [0.717, 1.165) is 6.42 Å². The monoisotopic (exact) mass is 324 g/mol. The van der Waals surface area contributed by atoms with Crippen molar-refractivity contribution in [2.24, 2.45) is 0 Å². The zero-order chi connectivity index (χ0) is 16.8. The number of nitriles is 1. The number of hydrogen-bond acceptors (Lipinski definition) is 5. The number of furan rings is 1. The fourth-order valence-electron chi connectivity index (χ4n) is 2.31. The Kier molecular flexibility index (Phi) is 4.82. The van der Waals surface area contributed by atoms with Crippen molar-refractivity contribution >= 4 is 12.0 Å². The van der Waals surface area contributed by atoms with Crippen molar-refractivity contribution < 1.29 is 18.7 Å². The van der Waals surface area contributed by atoms with Gasteiger partial charge in [-0.05, 0) is 24.3 Å². The third-order valence-corrected chi connectivity index (χ3v) is 3.47. The van der Waals surface area contributed by atoms with E-state index in [1.807, 2.05) is 6.07 Å². The summed E-state index contributed by atoms with van der Waals surface area (Å²) in [4.78, 5) is 12.2. The van der Waals surface area contributed by atoms with Crippen LogP contribution in [0.2, 0.25) is 0 Å². The molecule has 0 bridgehead atoms. The maximum Gasteiger partial charge on any atom is 0.262 e. The molecule has 3 rings (SSSR count). The van der Waals surface area contributed by atoms with Crippen molar-refractivity contribution in [1.29, 1.82) is 5.26 Å². The number of rotatable bonds is 4. The van der Waals surface area contributed by atoms with E-state index in [1.54, 1.807) is 30.3 Å². The van der Waals surface area contributed by atoms with Crippen molar-refractivity contribution in [3.05, 3.63) is 53.5 Å². The van der Waals surface area contributed by atoms with Crippen LogP contribution in [0.1, 0.15) is 17.7 Å². The molecule has 1 N–H and O–H groups in total. The molecule has 24 heavy (non-hydrogen) atoms. The predicted molar refractivity (Wildman–Crippen MR) is 86.2 cm³/mol. The fraction of sp³-hybridized carbons (Fsp3) is 0.222. The lowest BCUT2D eigenvalue weighted by molar-refractivity contribution is -0.117. The Morgan fingerprint density at radius 2 is 2.12 bits per heavy atom. The van der Waals surface area contributed by atoms with Crippen LogP contribution in [0.5, 0.6) is 11.5 Å². The normalized spacial score (nSPS) is 13.7. The quantitative estimate of drug-likeness (QED) is 0.690. The molecule has 1 aliphatic heterocycles. The number of carbonyl (C=O) groups excluding carboxylic acids is 1. The smallest absolute Gasteiger partial charge is 0.262 e. The number of nitrogens with zero attached hydrogens (tertiary/aromatic N) is 1. The Balaban J connectivity index is 1.80. The van der Waals surface area contributed by atoms with E-state index in [0.29, 0.717) is 36.0 Å². The highest BCUT2D eigenvalue weighted by Gasteiger charge is 2.16. The third kappa shape index (κ3) is 3.58. The van der Waals surface area contributed by atoms with Gasteiger partial charge in [-0.3, -0.25) is 4.79 Å². The van der Waals surface area contributed by atoms with Crippen LogP contribution in [0.25, 0.3) is 6.08 Å². The number of fused-ring (bicyclic) bond motifs is 1. The molecule has 2 aromatic rings.